The molecule has 0 saturated carbocycles. The minimum atomic E-state index is -0.937. The maximum atomic E-state index is 10.9. The molecule has 0 spiro atoms. The number of hydrogen-bond donors (Lipinski definition) is 4. The molecule has 35 heavy (non-hydrogen) atoms. The number of benzene rings is 1. The first-order valence-corrected chi connectivity index (χ1v) is 10.9. The topological polar surface area (TPSA) is 148 Å². The highest BCUT2D eigenvalue weighted by Gasteiger charge is 2.11. The molecule has 0 atom stereocenters. The van der Waals surface area contributed by atoms with Crippen LogP contribution in [0.25, 0.3) is 22.2 Å². The van der Waals surface area contributed by atoms with Gasteiger partial charge in [-0.1, -0.05) is 18.2 Å². The number of anilines is 2. The largest absolute Gasteiger partial charge is 0.480 e. The third-order valence-electron chi connectivity index (χ3n) is 5.41. The molecule has 0 aliphatic heterocycles. The SMILES string of the molecule is O=C(O)Cn1cc(-c2cccc(CNc3ncnc4c3ccn4Nc3nccn3CCO)c2)cn1. The summed E-state index contributed by atoms with van der Waals surface area (Å²) in [5.41, 5.74) is 6.70. The van der Waals surface area contributed by atoms with E-state index >= 15 is 0 Å². The second kappa shape index (κ2) is 9.65. The van der Waals surface area contributed by atoms with Gasteiger partial charge in [-0.15, -0.1) is 0 Å². The smallest absolute Gasteiger partial charge is 0.325 e. The maximum Gasteiger partial charge on any atom is 0.325 e. The van der Waals surface area contributed by atoms with Crippen LogP contribution in [-0.2, 0) is 24.4 Å². The Bertz CT molecular complexity index is 1470. The van der Waals surface area contributed by atoms with E-state index in [1.807, 2.05) is 41.1 Å². The van der Waals surface area contributed by atoms with Crippen LogP contribution in [-0.4, -0.2) is 56.8 Å². The van der Waals surface area contributed by atoms with Crippen molar-refractivity contribution in [3.8, 4) is 11.1 Å². The van der Waals surface area contributed by atoms with E-state index in [0.29, 0.717) is 30.5 Å². The van der Waals surface area contributed by atoms with Gasteiger partial charge >= 0.3 is 5.97 Å². The molecular weight excluding hydrogens is 450 g/mol. The summed E-state index contributed by atoms with van der Waals surface area (Å²) in [6.07, 6.45) is 10.2. The molecule has 5 aromatic rings. The molecule has 1 aromatic carbocycles. The first-order chi connectivity index (χ1) is 17.1. The summed E-state index contributed by atoms with van der Waals surface area (Å²) in [5.74, 6) is 0.343. The summed E-state index contributed by atoms with van der Waals surface area (Å²) >= 11 is 0. The lowest BCUT2D eigenvalue weighted by molar-refractivity contribution is -0.137. The van der Waals surface area contributed by atoms with Crippen LogP contribution < -0.4 is 10.7 Å². The number of aromatic nitrogens is 7. The minimum absolute atomic E-state index is 0.0135. The van der Waals surface area contributed by atoms with E-state index in [4.69, 9.17) is 5.11 Å². The first-order valence-electron chi connectivity index (χ1n) is 10.9. The lowest BCUT2D eigenvalue weighted by atomic mass is 10.1. The number of fused-ring (bicyclic) bond motifs is 1. The van der Waals surface area contributed by atoms with Crippen LogP contribution in [0.15, 0.2) is 67.6 Å². The molecule has 4 heterocycles. The van der Waals surface area contributed by atoms with Crippen LogP contribution in [0.1, 0.15) is 5.56 Å². The van der Waals surface area contributed by atoms with Crippen molar-refractivity contribution in [1.29, 1.82) is 0 Å². The Hall–Kier alpha value is -4.71. The van der Waals surface area contributed by atoms with E-state index in [2.05, 4.69) is 30.8 Å². The predicted molar refractivity (Wildman–Crippen MR) is 128 cm³/mol. The third kappa shape index (κ3) is 4.82. The van der Waals surface area contributed by atoms with Crippen LogP contribution in [0.2, 0.25) is 0 Å². The molecule has 12 nitrogen and oxygen atoms in total. The number of nitrogens with zero attached hydrogens (tertiary/aromatic N) is 7. The number of aliphatic hydroxyl groups is 1. The fraction of sp³-hybridized carbons (Fsp3) is 0.174. The molecule has 0 aliphatic rings. The Morgan fingerprint density at radius 1 is 1.09 bits per heavy atom. The van der Waals surface area contributed by atoms with Crippen molar-refractivity contribution in [3.05, 3.63) is 73.2 Å². The quantitative estimate of drug-likeness (QED) is 0.239. The molecule has 0 radical (unpaired) electrons. The molecule has 178 valence electrons. The molecule has 0 amide bonds. The summed E-state index contributed by atoms with van der Waals surface area (Å²) in [7, 11) is 0. The molecule has 5 rings (SSSR count). The van der Waals surface area contributed by atoms with Crippen LogP contribution in [0.3, 0.4) is 0 Å². The third-order valence-corrected chi connectivity index (χ3v) is 5.41. The van der Waals surface area contributed by atoms with Crippen molar-refractivity contribution in [2.45, 2.75) is 19.6 Å². The van der Waals surface area contributed by atoms with E-state index in [-0.39, 0.29) is 13.2 Å². The fourth-order valence-corrected chi connectivity index (χ4v) is 3.78. The molecule has 0 unspecified atom stereocenters. The van der Waals surface area contributed by atoms with Crippen molar-refractivity contribution >= 4 is 28.8 Å². The minimum Gasteiger partial charge on any atom is -0.480 e. The molecule has 0 fully saturated rings. The number of hydrogen-bond acceptors (Lipinski definition) is 8. The van der Waals surface area contributed by atoms with Gasteiger partial charge in [-0.2, -0.15) is 5.10 Å². The van der Waals surface area contributed by atoms with Gasteiger partial charge in [0.1, 0.15) is 18.7 Å². The molecule has 12 heteroatoms. The summed E-state index contributed by atoms with van der Waals surface area (Å²) < 4.78 is 4.97. The lowest BCUT2D eigenvalue weighted by Gasteiger charge is -2.11. The van der Waals surface area contributed by atoms with Crippen LogP contribution in [0.5, 0.6) is 0 Å². The van der Waals surface area contributed by atoms with Gasteiger partial charge in [-0.3, -0.25) is 14.9 Å². The van der Waals surface area contributed by atoms with E-state index in [0.717, 1.165) is 22.1 Å². The van der Waals surface area contributed by atoms with Gasteiger partial charge in [-0.25, -0.2) is 19.6 Å². The van der Waals surface area contributed by atoms with E-state index in [1.165, 1.54) is 11.0 Å². The number of aliphatic carboxylic acids is 1. The number of carbonyl (C=O) groups is 1. The summed E-state index contributed by atoms with van der Waals surface area (Å²) in [4.78, 5) is 24.0. The first kappa shape index (κ1) is 22.1. The van der Waals surface area contributed by atoms with Gasteiger partial charge in [0.25, 0.3) is 0 Å². The summed E-state index contributed by atoms with van der Waals surface area (Å²) in [6.45, 7) is 0.799. The zero-order valence-corrected chi connectivity index (χ0v) is 18.6. The van der Waals surface area contributed by atoms with Crippen molar-refractivity contribution < 1.29 is 15.0 Å². The molecule has 0 bridgehead atoms. The maximum absolute atomic E-state index is 10.9. The van der Waals surface area contributed by atoms with Gasteiger partial charge < -0.3 is 20.1 Å². The Labute approximate surface area is 199 Å². The zero-order chi connectivity index (χ0) is 24.2. The van der Waals surface area contributed by atoms with E-state index in [9.17, 15) is 9.90 Å². The van der Waals surface area contributed by atoms with Crippen LogP contribution in [0, 0.1) is 0 Å². The van der Waals surface area contributed by atoms with Gasteiger partial charge in [0, 0.05) is 43.4 Å². The summed E-state index contributed by atoms with van der Waals surface area (Å²) in [6, 6.07) is 9.86. The standard InChI is InChI=1S/C23H23N9O3/c33-9-8-30-7-5-24-23(30)29-32-6-4-19-21(26-15-27-22(19)32)25-11-16-2-1-3-17(10-16)18-12-28-31(13-18)14-20(34)35/h1-7,10,12-13,15,33H,8-9,11,14H2,(H,24,29)(H,34,35)(H,25,26,27). The second-order valence-corrected chi connectivity index (χ2v) is 7.80. The van der Waals surface area contributed by atoms with Gasteiger partial charge in [-0.05, 0) is 23.3 Å². The number of imidazole rings is 1. The number of aliphatic hydroxyl groups excluding tert-OH is 1. The lowest BCUT2D eigenvalue weighted by Crippen LogP contribution is -2.14. The van der Waals surface area contributed by atoms with Gasteiger partial charge in [0.15, 0.2) is 5.65 Å². The fourth-order valence-electron chi connectivity index (χ4n) is 3.78. The van der Waals surface area contributed by atoms with Crippen LogP contribution >= 0.6 is 0 Å². The Morgan fingerprint density at radius 3 is 2.86 bits per heavy atom. The zero-order valence-electron chi connectivity index (χ0n) is 18.6. The predicted octanol–water partition coefficient (Wildman–Crippen LogP) is 2.06. The molecular formula is C23H23N9O3. The average Bonchev–Trinajstić information content (AvgIpc) is 3.59. The molecule has 0 saturated heterocycles. The van der Waals surface area contributed by atoms with Crippen molar-refractivity contribution in [2.75, 3.05) is 17.3 Å². The normalized spacial score (nSPS) is 11.1. The monoisotopic (exact) mass is 473 g/mol. The van der Waals surface area contributed by atoms with Crippen molar-refractivity contribution in [3.63, 3.8) is 0 Å². The number of nitrogens with one attached hydrogen (secondary N) is 2. The molecule has 4 N–H and O–H groups in total. The van der Waals surface area contributed by atoms with Crippen LogP contribution in [0.4, 0.5) is 11.8 Å². The highest BCUT2D eigenvalue weighted by atomic mass is 16.4. The van der Waals surface area contributed by atoms with Crippen molar-refractivity contribution in [1.82, 2.24) is 34.0 Å². The summed E-state index contributed by atoms with van der Waals surface area (Å²) in [5, 5.41) is 26.5. The highest BCUT2D eigenvalue weighted by molar-refractivity contribution is 5.87. The number of carboxylic acid groups (broad SMARTS) is 1. The van der Waals surface area contributed by atoms with E-state index in [1.54, 1.807) is 29.5 Å². The second-order valence-electron chi connectivity index (χ2n) is 7.80. The molecule has 4 aromatic heterocycles. The Kier molecular flexibility index (Phi) is 6.09. The van der Waals surface area contributed by atoms with Gasteiger partial charge in [0.05, 0.1) is 18.2 Å². The Morgan fingerprint density at radius 2 is 2.00 bits per heavy atom. The van der Waals surface area contributed by atoms with Crippen molar-refractivity contribution in [2.24, 2.45) is 0 Å². The van der Waals surface area contributed by atoms with E-state index < -0.39 is 5.97 Å². The number of rotatable bonds is 10. The Balaban J connectivity index is 1.32. The average molecular weight is 473 g/mol. The number of carboxylic acids is 1. The van der Waals surface area contributed by atoms with Gasteiger partial charge in [0.2, 0.25) is 5.95 Å². The molecule has 0 aliphatic carbocycles. The highest BCUT2D eigenvalue weighted by Crippen LogP contribution is 2.23.